The smallest absolute Gasteiger partial charge is 0.335 e. The molecule has 1 aliphatic rings. The molecule has 0 spiro atoms. The first-order valence-corrected chi connectivity index (χ1v) is 9.98. The van der Waals surface area contributed by atoms with Gasteiger partial charge in [-0.05, 0) is 53.6 Å². The maximum Gasteiger partial charge on any atom is 0.335 e. The molecule has 0 aromatic heterocycles. The molecule has 1 aliphatic heterocycles. The van der Waals surface area contributed by atoms with E-state index in [1.54, 1.807) is 60.7 Å². The van der Waals surface area contributed by atoms with E-state index in [4.69, 9.17) is 9.47 Å². The number of methoxy groups -OCH3 is 1. The van der Waals surface area contributed by atoms with E-state index in [2.05, 4.69) is 5.32 Å². The summed E-state index contributed by atoms with van der Waals surface area (Å²) in [5, 5.41) is 2.19. The van der Waals surface area contributed by atoms with Gasteiger partial charge < -0.3 is 9.47 Å². The predicted octanol–water partition coefficient (Wildman–Crippen LogP) is 4.08. The monoisotopic (exact) mass is 446 g/mol. The van der Waals surface area contributed by atoms with Crippen LogP contribution in [0.15, 0.2) is 78.4 Å². The molecule has 4 amide bonds. The Balaban J connectivity index is 1.58. The van der Waals surface area contributed by atoms with E-state index in [1.807, 2.05) is 0 Å². The molecule has 4 rings (SSSR count). The summed E-state index contributed by atoms with van der Waals surface area (Å²) in [4.78, 5) is 38.5. The number of anilines is 1. The average molecular weight is 446 g/mol. The molecule has 33 heavy (non-hydrogen) atoms. The standard InChI is InChI=1S/C25H19FN2O5/c1-32-22-14-17(9-12-21(22)33-15-16-7-10-18(26)11-8-16)13-20-23(29)27-25(31)28(24(20)30)19-5-3-2-4-6-19/h2-14H,15H2,1H3,(H,27,29,31)/b20-13-. The molecule has 7 nitrogen and oxygen atoms in total. The van der Waals surface area contributed by atoms with Gasteiger partial charge in [-0.2, -0.15) is 0 Å². The van der Waals surface area contributed by atoms with Crippen molar-refractivity contribution in [1.29, 1.82) is 0 Å². The summed E-state index contributed by atoms with van der Waals surface area (Å²) in [5.74, 6) is -1.03. The van der Waals surface area contributed by atoms with Crippen LogP contribution in [-0.2, 0) is 16.2 Å². The van der Waals surface area contributed by atoms with Crippen LogP contribution < -0.4 is 19.7 Å². The second kappa shape index (κ2) is 9.35. The van der Waals surface area contributed by atoms with Crippen LogP contribution in [0.4, 0.5) is 14.9 Å². The summed E-state index contributed by atoms with van der Waals surface area (Å²) in [6.45, 7) is 0.201. The van der Waals surface area contributed by atoms with Crippen molar-refractivity contribution in [2.24, 2.45) is 0 Å². The second-order valence-electron chi connectivity index (χ2n) is 7.12. The number of barbiturate groups is 1. The van der Waals surface area contributed by atoms with Crippen LogP contribution in [0.2, 0.25) is 0 Å². The Bertz CT molecular complexity index is 1240. The summed E-state index contributed by atoms with van der Waals surface area (Å²) in [5.41, 5.74) is 1.43. The third kappa shape index (κ3) is 4.74. The van der Waals surface area contributed by atoms with Gasteiger partial charge in [-0.1, -0.05) is 36.4 Å². The number of imide groups is 2. The summed E-state index contributed by atoms with van der Waals surface area (Å²) in [6.07, 6.45) is 1.38. The zero-order chi connectivity index (χ0) is 23.4. The van der Waals surface area contributed by atoms with E-state index < -0.39 is 17.8 Å². The average Bonchev–Trinajstić information content (AvgIpc) is 2.82. The van der Waals surface area contributed by atoms with Crippen LogP contribution in [-0.4, -0.2) is 25.0 Å². The van der Waals surface area contributed by atoms with Gasteiger partial charge in [0.2, 0.25) is 0 Å². The number of para-hydroxylation sites is 1. The highest BCUT2D eigenvalue weighted by molar-refractivity contribution is 6.39. The quantitative estimate of drug-likeness (QED) is 0.456. The first-order chi connectivity index (χ1) is 16.0. The number of ether oxygens (including phenoxy) is 2. The lowest BCUT2D eigenvalue weighted by Crippen LogP contribution is -2.54. The molecule has 0 bridgehead atoms. The van der Waals surface area contributed by atoms with Gasteiger partial charge in [-0.3, -0.25) is 14.9 Å². The number of urea groups is 1. The minimum Gasteiger partial charge on any atom is -0.493 e. The van der Waals surface area contributed by atoms with E-state index in [9.17, 15) is 18.8 Å². The summed E-state index contributed by atoms with van der Waals surface area (Å²) in [7, 11) is 1.46. The summed E-state index contributed by atoms with van der Waals surface area (Å²) in [6, 6.07) is 18.3. The number of carbonyl (C=O) groups excluding carboxylic acids is 3. The molecule has 0 aliphatic carbocycles. The van der Waals surface area contributed by atoms with Crippen LogP contribution in [0.25, 0.3) is 6.08 Å². The molecule has 1 fully saturated rings. The maximum absolute atomic E-state index is 13.1. The number of amides is 4. The molecule has 3 aromatic carbocycles. The van der Waals surface area contributed by atoms with Gasteiger partial charge in [0.15, 0.2) is 11.5 Å². The maximum atomic E-state index is 13.1. The Morgan fingerprint density at radius 3 is 2.36 bits per heavy atom. The van der Waals surface area contributed by atoms with E-state index in [1.165, 1.54) is 25.3 Å². The van der Waals surface area contributed by atoms with Crippen LogP contribution in [0.5, 0.6) is 11.5 Å². The fraction of sp³-hybridized carbons (Fsp3) is 0.0800. The molecule has 8 heteroatoms. The summed E-state index contributed by atoms with van der Waals surface area (Å²) >= 11 is 0. The number of benzene rings is 3. The molecular weight excluding hydrogens is 427 g/mol. The molecule has 1 saturated heterocycles. The highest BCUT2D eigenvalue weighted by atomic mass is 19.1. The Morgan fingerprint density at radius 2 is 1.67 bits per heavy atom. The molecule has 0 radical (unpaired) electrons. The van der Waals surface area contributed by atoms with E-state index >= 15 is 0 Å². The van der Waals surface area contributed by atoms with Crippen molar-refractivity contribution < 1.29 is 28.2 Å². The third-order valence-electron chi connectivity index (χ3n) is 4.92. The molecular formula is C25H19FN2O5. The van der Waals surface area contributed by atoms with Crippen LogP contribution in [0, 0.1) is 5.82 Å². The van der Waals surface area contributed by atoms with Crippen molar-refractivity contribution in [3.8, 4) is 11.5 Å². The number of carbonyl (C=O) groups is 3. The van der Waals surface area contributed by atoms with Gasteiger partial charge in [-0.25, -0.2) is 14.1 Å². The Hall–Kier alpha value is -4.46. The number of nitrogens with zero attached hydrogens (tertiary/aromatic N) is 1. The van der Waals surface area contributed by atoms with Crippen molar-refractivity contribution in [1.82, 2.24) is 5.32 Å². The lowest BCUT2D eigenvalue weighted by Gasteiger charge is -2.26. The van der Waals surface area contributed by atoms with Gasteiger partial charge in [0.25, 0.3) is 11.8 Å². The first kappa shape index (κ1) is 21.8. The van der Waals surface area contributed by atoms with Crippen LogP contribution >= 0.6 is 0 Å². The van der Waals surface area contributed by atoms with Crippen molar-refractivity contribution in [2.45, 2.75) is 6.61 Å². The Kier molecular flexibility index (Phi) is 6.17. The first-order valence-electron chi connectivity index (χ1n) is 9.98. The van der Waals surface area contributed by atoms with Gasteiger partial charge in [-0.15, -0.1) is 0 Å². The molecule has 3 aromatic rings. The fourth-order valence-electron chi connectivity index (χ4n) is 3.27. The number of hydrogen-bond donors (Lipinski definition) is 1. The van der Waals surface area contributed by atoms with E-state index in [0.29, 0.717) is 22.7 Å². The van der Waals surface area contributed by atoms with Crippen molar-refractivity contribution >= 4 is 29.6 Å². The number of rotatable bonds is 6. The highest BCUT2D eigenvalue weighted by Crippen LogP contribution is 2.30. The lowest BCUT2D eigenvalue weighted by atomic mass is 10.1. The van der Waals surface area contributed by atoms with Crippen molar-refractivity contribution in [2.75, 3.05) is 12.0 Å². The van der Waals surface area contributed by atoms with Gasteiger partial charge >= 0.3 is 6.03 Å². The zero-order valence-corrected chi connectivity index (χ0v) is 17.6. The van der Waals surface area contributed by atoms with E-state index in [0.717, 1.165) is 10.5 Å². The number of halogens is 1. The van der Waals surface area contributed by atoms with Crippen LogP contribution in [0.3, 0.4) is 0 Å². The lowest BCUT2D eigenvalue weighted by molar-refractivity contribution is -0.122. The molecule has 0 unspecified atom stereocenters. The van der Waals surface area contributed by atoms with Crippen molar-refractivity contribution in [3.05, 3.63) is 95.3 Å². The van der Waals surface area contributed by atoms with Gasteiger partial charge in [0.1, 0.15) is 18.0 Å². The van der Waals surface area contributed by atoms with Crippen molar-refractivity contribution in [3.63, 3.8) is 0 Å². The molecule has 0 atom stereocenters. The zero-order valence-electron chi connectivity index (χ0n) is 17.6. The topological polar surface area (TPSA) is 84.9 Å². The van der Waals surface area contributed by atoms with Crippen LogP contribution in [0.1, 0.15) is 11.1 Å². The third-order valence-corrected chi connectivity index (χ3v) is 4.92. The molecule has 1 heterocycles. The van der Waals surface area contributed by atoms with Gasteiger partial charge in [0.05, 0.1) is 12.8 Å². The minimum atomic E-state index is -0.810. The SMILES string of the molecule is COc1cc(/C=C2/C(=O)NC(=O)N(c3ccccc3)C2=O)ccc1OCc1ccc(F)cc1. The molecule has 1 N–H and O–H groups in total. The predicted molar refractivity (Wildman–Crippen MR) is 119 cm³/mol. The molecule has 0 saturated carbocycles. The second-order valence-corrected chi connectivity index (χ2v) is 7.12. The largest absolute Gasteiger partial charge is 0.493 e. The highest BCUT2D eigenvalue weighted by Gasteiger charge is 2.36. The fourth-order valence-corrected chi connectivity index (χ4v) is 3.27. The van der Waals surface area contributed by atoms with Gasteiger partial charge in [0, 0.05) is 0 Å². The van der Waals surface area contributed by atoms with E-state index in [-0.39, 0.29) is 18.0 Å². The summed E-state index contributed by atoms with van der Waals surface area (Å²) < 4.78 is 24.2. The Morgan fingerprint density at radius 1 is 0.939 bits per heavy atom. The minimum absolute atomic E-state index is 0.194. The number of hydrogen-bond acceptors (Lipinski definition) is 5. The molecule has 166 valence electrons. The number of nitrogens with one attached hydrogen (secondary N) is 1. The Labute approximate surface area is 189 Å². The normalized spacial score (nSPS) is 14.9.